The Bertz CT molecular complexity index is 1110. The van der Waals surface area contributed by atoms with Crippen LogP contribution in [0.5, 0.6) is 0 Å². The Morgan fingerprint density at radius 3 is 2.83 bits per heavy atom. The fourth-order valence-electron chi connectivity index (χ4n) is 2.97. The van der Waals surface area contributed by atoms with Crippen LogP contribution in [0.2, 0.25) is 5.02 Å². The summed E-state index contributed by atoms with van der Waals surface area (Å²) in [6, 6.07) is 5.87. The Labute approximate surface area is 185 Å². The second-order valence-electron chi connectivity index (χ2n) is 8.45. The van der Waals surface area contributed by atoms with E-state index >= 15 is 0 Å². The van der Waals surface area contributed by atoms with Crippen LogP contribution in [-0.2, 0) is 29.1 Å². The van der Waals surface area contributed by atoms with Crippen molar-refractivity contribution in [3.8, 4) is 0 Å². The van der Waals surface area contributed by atoms with Crippen LogP contribution >= 0.6 is 23.1 Å². The summed E-state index contributed by atoms with van der Waals surface area (Å²) in [5, 5.41) is 0.503. The highest BCUT2D eigenvalue weighted by molar-refractivity contribution is 7.04. The van der Waals surface area contributed by atoms with Gasteiger partial charge in [0.15, 0.2) is 16.1 Å². The van der Waals surface area contributed by atoms with E-state index in [0.29, 0.717) is 35.9 Å². The first-order valence-corrected chi connectivity index (χ1v) is 11.2. The van der Waals surface area contributed by atoms with Crippen molar-refractivity contribution in [1.29, 1.82) is 0 Å². The van der Waals surface area contributed by atoms with Crippen molar-refractivity contribution in [3.05, 3.63) is 45.0 Å². The van der Waals surface area contributed by atoms with E-state index in [1.165, 1.54) is 11.5 Å². The molecular weight excluding hydrogens is 422 g/mol. The van der Waals surface area contributed by atoms with E-state index in [2.05, 4.69) is 30.7 Å². The van der Waals surface area contributed by atoms with Crippen LogP contribution in [0.15, 0.2) is 27.6 Å². The minimum atomic E-state index is -0.199. The van der Waals surface area contributed by atoms with Gasteiger partial charge in [0.2, 0.25) is 5.91 Å². The van der Waals surface area contributed by atoms with Gasteiger partial charge >= 0.3 is 0 Å². The van der Waals surface area contributed by atoms with Crippen molar-refractivity contribution >= 4 is 40.1 Å². The Balaban J connectivity index is 1.68. The Kier molecular flexibility index (Phi) is 7.16. The van der Waals surface area contributed by atoms with E-state index < -0.39 is 0 Å². The fraction of sp³-hybridized carbons (Fsp3) is 0.500. The van der Waals surface area contributed by atoms with Gasteiger partial charge in [-0.25, -0.2) is 4.98 Å². The average Bonchev–Trinajstić information content (AvgIpc) is 3.17. The molecule has 0 N–H and O–H groups in total. The van der Waals surface area contributed by atoms with Gasteiger partial charge in [0.25, 0.3) is 0 Å². The van der Waals surface area contributed by atoms with E-state index in [1.807, 2.05) is 36.0 Å². The molecule has 1 aromatic carbocycles. The molecule has 2 heterocycles. The number of aryl methyl sites for hydroxylation is 1. The van der Waals surface area contributed by atoms with Gasteiger partial charge in [-0.2, -0.15) is 4.99 Å². The summed E-state index contributed by atoms with van der Waals surface area (Å²) in [4.78, 5) is 21.2. The second-order valence-corrected chi connectivity index (χ2v) is 9.84. The lowest BCUT2D eigenvalue weighted by Crippen LogP contribution is -2.09. The number of hydrogen-bond acceptors (Lipinski definition) is 5. The van der Waals surface area contributed by atoms with E-state index in [-0.39, 0.29) is 11.3 Å². The molecule has 0 bridgehead atoms. The van der Waals surface area contributed by atoms with Crippen molar-refractivity contribution in [2.75, 3.05) is 6.61 Å². The van der Waals surface area contributed by atoms with Crippen LogP contribution in [0, 0.1) is 12.3 Å². The predicted molar refractivity (Wildman–Crippen MR) is 120 cm³/mol. The van der Waals surface area contributed by atoms with Gasteiger partial charge in [-0.05, 0) is 54.9 Å². The molecule has 0 spiro atoms. The molecule has 0 aliphatic rings. The molecule has 30 heavy (non-hydrogen) atoms. The maximum absolute atomic E-state index is 12.4. The Morgan fingerprint density at radius 1 is 1.37 bits per heavy atom. The normalized spacial score (nSPS) is 12.8. The summed E-state index contributed by atoms with van der Waals surface area (Å²) >= 11 is 7.67. The number of carbonyl (C=O) groups excluding carboxylic acids is 1. The minimum Gasteiger partial charge on any atom is -0.441 e. The van der Waals surface area contributed by atoms with Crippen LogP contribution < -0.4 is 4.67 Å². The quantitative estimate of drug-likeness (QED) is 0.491. The van der Waals surface area contributed by atoms with Crippen molar-refractivity contribution in [2.24, 2.45) is 10.4 Å². The fourth-order valence-corrected chi connectivity index (χ4v) is 4.20. The summed E-state index contributed by atoms with van der Waals surface area (Å²) in [5.74, 6) is 0.541. The number of oxazole rings is 1. The maximum Gasteiger partial charge on any atom is 0.247 e. The lowest BCUT2D eigenvalue weighted by Gasteiger charge is -2.14. The number of nitrogens with zero attached hydrogens (tertiary/aromatic N) is 3. The first-order valence-electron chi connectivity index (χ1n) is 10.1. The van der Waals surface area contributed by atoms with Crippen LogP contribution in [0.1, 0.15) is 51.3 Å². The number of ether oxygens (including phenoxy) is 1. The monoisotopic (exact) mass is 449 g/mol. The zero-order valence-electron chi connectivity index (χ0n) is 18.1. The third kappa shape index (κ3) is 5.80. The highest BCUT2D eigenvalue weighted by atomic mass is 35.5. The van der Waals surface area contributed by atoms with Crippen molar-refractivity contribution in [2.45, 2.75) is 60.6 Å². The molecule has 2 aromatic heterocycles. The highest BCUT2D eigenvalue weighted by Gasteiger charge is 2.16. The van der Waals surface area contributed by atoms with Gasteiger partial charge in [0.1, 0.15) is 12.2 Å². The van der Waals surface area contributed by atoms with Gasteiger partial charge in [-0.3, -0.25) is 8.75 Å². The smallest absolute Gasteiger partial charge is 0.247 e. The molecule has 0 saturated carbocycles. The molecule has 0 aliphatic carbocycles. The summed E-state index contributed by atoms with van der Waals surface area (Å²) in [5.41, 5.74) is 3.59. The largest absolute Gasteiger partial charge is 0.441 e. The maximum atomic E-state index is 12.4. The molecule has 162 valence electrons. The third-order valence-corrected chi connectivity index (χ3v) is 6.15. The van der Waals surface area contributed by atoms with Gasteiger partial charge in [0.05, 0.1) is 5.02 Å². The molecule has 0 saturated heterocycles. The lowest BCUT2D eigenvalue weighted by atomic mass is 9.92. The van der Waals surface area contributed by atoms with Crippen molar-refractivity contribution < 1.29 is 13.9 Å². The van der Waals surface area contributed by atoms with Crippen LogP contribution in [-0.4, -0.2) is 21.5 Å². The van der Waals surface area contributed by atoms with Crippen LogP contribution in [0.3, 0.4) is 0 Å². The molecule has 1 amide bonds. The zero-order valence-corrected chi connectivity index (χ0v) is 19.7. The molecule has 0 atom stereocenters. The summed E-state index contributed by atoms with van der Waals surface area (Å²) < 4.78 is 13.7. The van der Waals surface area contributed by atoms with Crippen molar-refractivity contribution in [1.82, 2.24) is 8.94 Å². The lowest BCUT2D eigenvalue weighted by molar-refractivity contribution is -0.118. The van der Waals surface area contributed by atoms with E-state index in [1.54, 1.807) is 0 Å². The third-order valence-electron chi connectivity index (χ3n) is 4.52. The van der Waals surface area contributed by atoms with Gasteiger partial charge in [0, 0.05) is 25.1 Å². The molecule has 8 heteroatoms. The number of halogens is 1. The number of benzene rings is 1. The summed E-state index contributed by atoms with van der Waals surface area (Å²) in [6.45, 7) is 11.3. The molecule has 0 radical (unpaired) electrons. The first kappa shape index (κ1) is 22.7. The minimum absolute atomic E-state index is 0.111. The van der Waals surface area contributed by atoms with E-state index in [0.717, 1.165) is 34.7 Å². The standard InChI is InChI=1S/C22H28ClN3O3S/c1-6-28-13-26-14(2)20(23)21(30-26)25-18(27)10-8-15-7-9-17-16(11-15)24-19(29-17)12-22(3,4)5/h7,9,11H,6,8,10,12-13H2,1-5H3. The SMILES string of the molecule is CCOCn1sc(=NC(=O)CCc2ccc3oc(CC(C)(C)C)nc3c2)c(Cl)c1C. The van der Waals surface area contributed by atoms with Crippen LogP contribution in [0.25, 0.3) is 11.1 Å². The van der Waals surface area contributed by atoms with Gasteiger partial charge < -0.3 is 9.15 Å². The second kappa shape index (κ2) is 9.45. The average molecular weight is 450 g/mol. The van der Waals surface area contributed by atoms with Crippen LogP contribution in [0.4, 0.5) is 0 Å². The molecule has 6 nitrogen and oxygen atoms in total. The Morgan fingerprint density at radius 2 is 2.13 bits per heavy atom. The first-order chi connectivity index (χ1) is 14.2. The number of rotatable bonds is 7. The molecule has 3 rings (SSSR count). The van der Waals surface area contributed by atoms with Crippen molar-refractivity contribution in [3.63, 3.8) is 0 Å². The summed E-state index contributed by atoms with van der Waals surface area (Å²) in [6.07, 6.45) is 1.66. The predicted octanol–water partition coefficient (Wildman–Crippen LogP) is 5.30. The molecule has 3 aromatic rings. The molecular formula is C22H28ClN3O3S. The molecule has 0 unspecified atom stereocenters. The van der Waals surface area contributed by atoms with Gasteiger partial charge in [-0.1, -0.05) is 38.4 Å². The number of aromatic nitrogens is 2. The zero-order chi connectivity index (χ0) is 21.9. The van der Waals surface area contributed by atoms with E-state index in [9.17, 15) is 4.79 Å². The molecule has 0 fully saturated rings. The topological polar surface area (TPSA) is 69.6 Å². The van der Waals surface area contributed by atoms with Gasteiger partial charge in [-0.15, -0.1) is 0 Å². The number of amides is 1. The van der Waals surface area contributed by atoms with E-state index in [4.69, 9.17) is 20.8 Å². The summed E-state index contributed by atoms with van der Waals surface area (Å²) in [7, 11) is 0. The number of carbonyl (C=O) groups is 1. The highest BCUT2D eigenvalue weighted by Crippen LogP contribution is 2.24. The molecule has 0 aliphatic heterocycles. The number of hydrogen-bond donors (Lipinski definition) is 0. The Hall–Kier alpha value is -1.96. The number of fused-ring (bicyclic) bond motifs is 1.